The molecular weight excluding hydrogens is 304 g/mol. The molecule has 0 unspecified atom stereocenters. The van der Waals surface area contributed by atoms with E-state index in [9.17, 15) is 4.79 Å². The molecule has 5 heteroatoms. The highest BCUT2D eigenvalue weighted by Crippen LogP contribution is 2.22. The van der Waals surface area contributed by atoms with Gasteiger partial charge >= 0.3 is 0 Å². The van der Waals surface area contributed by atoms with Gasteiger partial charge in [-0.1, -0.05) is 24.3 Å². The number of carbonyl (C=O) groups is 1. The zero-order valence-corrected chi connectivity index (χ0v) is 13.8. The second-order valence-electron chi connectivity index (χ2n) is 5.69. The number of para-hydroxylation sites is 1. The highest BCUT2D eigenvalue weighted by atomic mass is 16.5. The number of nitrogens with zero attached hydrogens (tertiary/aromatic N) is 1. The van der Waals surface area contributed by atoms with E-state index in [1.54, 1.807) is 7.11 Å². The van der Waals surface area contributed by atoms with Crippen molar-refractivity contribution in [1.29, 1.82) is 0 Å². The van der Waals surface area contributed by atoms with E-state index in [0.29, 0.717) is 0 Å². The molecule has 1 fully saturated rings. The molecule has 3 rings (SSSR count). The minimum Gasteiger partial charge on any atom is -0.496 e. The van der Waals surface area contributed by atoms with Crippen LogP contribution in [-0.2, 0) is 16.0 Å². The van der Waals surface area contributed by atoms with Crippen LogP contribution < -0.4 is 15.0 Å². The molecule has 1 heterocycles. The molecule has 0 aliphatic carbocycles. The second-order valence-corrected chi connectivity index (χ2v) is 5.69. The van der Waals surface area contributed by atoms with Gasteiger partial charge < -0.3 is 19.7 Å². The van der Waals surface area contributed by atoms with Gasteiger partial charge in [0.15, 0.2) is 0 Å². The number of hydrogen-bond acceptors (Lipinski definition) is 4. The zero-order chi connectivity index (χ0) is 16.8. The van der Waals surface area contributed by atoms with Crippen LogP contribution in [0.15, 0.2) is 48.5 Å². The highest BCUT2D eigenvalue weighted by Gasteiger charge is 2.13. The summed E-state index contributed by atoms with van der Waals surface area (Å²) in [6.45, 7) is 3.23. The maximum Gasteiger partial charge on any atom is 0.228 e. The Morgan fingerprint density at radius 1 is 1.17 bits per heavy atom. The van der Waals surface area contributed by atoms with Crippen LogP contribution in [0.3, 0.4) is 0 Å². The molecule has 1 amide bonds. The predicted octanol–water partition coefficient (Wildman–Crippen LogP) is 2.71. The van der Waals surface area contributed by atoms with E-state index in [0.717, 1.165) is 49.0 Å². The topological polar surface area (TPSA) is 50.8 Å². The van der Waals surface area contributed by atoms with Crippen LogP contribution in [0.2, 0.25) is 0 Å². The van der Waals surface area contributed by atoms with E-state index in [-0.39, 0.29) is 12.3 Å². The van der Waals surface area contributed by atoms with Crippen LogP contribution in [0.25, 0.3) is 0 Å². The van der Waals surface area contributed by atoms with E-state index in [4.69, 9.17) is 9.47 Å². The van der Waals surface area contributed by atoms with Gasteiger partial charge in [-0.05, 0) is 24.3 Å². The van der Waals surface area contributed by atoms with Gasteiger partial charge in [-0.25, -0.2) is 0 Å². The lowest BCUT2D eigenvalue weighted by molar-refractivity contribution is -0.115. The Bertz CT molecular complexity index is 697. The number of amides is 1. The van der Waals surface area contributed by atoms with Gasteiger partial charge in [-0.3, -0.25) is 4.79 Å². The third kappa shape index (κ3) is 4.06. The van der Waals surface area contributed by atoms with E-state index < -0.39 is 0 Å². The van der Waals surface area contributed by atoms with Crippen molar-refractivity contribution in [1.82, 2.24) is 0 Å². The number of benzene rings is 2. The van der Waals surface area contributed by atoms with E-state index in [2.05, 4.69) is 16.3 Å². The summed E-state index contributed by atoms with van der Waals surface area (Å²) < 4.78 is 10.7. The van der Waals surface area contributed by atoms with Crippen LogP contribution in [0.1, 0.15) is 5.56 Å². The highest BCUT2D eigenvalue weighted by molar-refractivity contribution is 5.93. The monoisotopic (exact) mass is 326 g/mol. The van der Waals surface area contributed by atoms with Gasteiger partial charge in [-0.15, -0.1) is 0 Å². The Hall–Kier alpha value is -2.53. The molecule has 1 N–H and O–H groups in total. The SMILES string of the molecule is COc1ccccc1CC(=O)Nc1cccc(N2CCOCC2)c1. The molecule has 126 valence electrons. The van der Waals surface area contributed by atoms with Gasteiger partial charge in [0.25, 0.3) is 0 Å². The number of rotatable bonds is 5. The normalized spacial score (nSPS) is 14.3. The lowest BCUT2D eigenvalue weighted by Gasteiger charge is -2.29. The number of nitrogens with one attached hydrogen (secondary N) is 1. The van der Waals surface area contributed by atoms with Crippen molar-refractivity contribution in [3.8, 4) is 5.75 Å². The molecule has 1 aliphatic rings. The Balaban J connectivity index is 1.66. The maximum atomic E-state index is 12.3. The van der Waals surface area contributed by atoms with Gasteiger partial charge in [0.2, 0.25) is 5.91 Å². The molecule has 24 heavy (non-hydrogen) atoms. The molecule has 0 spiro atoms. The average molecular weight is 326 g/mol. The van der Waals surface area contributed by atoms with Crippen molar-refractivity contribution in [3.63, 3.8) is 0 Å². The molecule has 1 saturated heterocycles. The number of methoxy groups -OCH3 is 1. The Morgan fingerprint density at radius 2 is 1.96 bits per heavy atom. The van der Waals surface area contributed by atoms with Crippen LogP contribution in [0.4, 0.5) is 11.4 Å². The van der Waals surface area contributed by atoms with Crippen LogP contribution >= 0.6 is 0 Å². The van der Waals surface area contributed by atoms with Crippen LogP contribution in [0.5, 0.6) is 5.75 Å². The lowest BCUT2D eigenvalue weighted by atomic mass is 10.1. The first-order valence-corrected chi connectivity index (χ1v) is 8.11. The van der Waals surface area contributed by atoms with Crippen molar-refractivity contribution in [3.05, 3.63) is 54.1 Å². The molecule has 2 aromatic rings. The Labute approximate surface area is 142 Å². The van der Waals surface area contributed by atoms with E-state index >= 15 is 0 Å². The summed E-state index contributed by atoms with van der Waals surface area (Å²) in [7, 11) is 1.61. The molecule has 5 nitrogen and oxygen atoms in total. The van der Waals surface area contributed by atoms with Crippen molar-refractivity contribution in [2.75, 3.05) is 43.6 Å². The number of hydrogen-bond donors (Lipinski definition) is 1. The lowest BCUT2D eigenvalue weighted by Crippen LogP contribution is -2.36. The second kappa shape index (κ2) is 7.84. The Morgan fingerprint density at radius 3 is 2.75 bits per heavy atom. The predicted molar refractivity (Wildman–Crippen MR) is 94.8 cm³/mol. The minimum atomic E-state index is -0.0568. The summed E-state index contributed by atoms with van der Waals surface area (Å²) in [6, 6.07) is 15.5. The molecular formula is C19H22N2O3. The van der Waals surface area contributed by atoms with Gasteiger partial charge in [0, 0.05) is 30.0 Å². The largest absolute Gasteiger partial charge is 0.496 e. The number of morpholine rings is 1. The third-order valence-corrected chi connectivity index (χ3v) is 4.05. The van der Waals surface area contributed by atoms with Crippen LogP contribution in [0, 0.1) is 0 Å². The minimum absolute atomic E-state index is 0.0568. The van der Waals surface area contributed by atoms with Gasteiger partial charge in [0.05, 0.1) is 26.7 Å². The standard InChI is InChI=1S/C19H22N2O3/c1-23-18-8-3-2-5-15(18)13-19(22)20-16-6-4-7-17(14-16)21-9-11-24-12-10-21/h2-8,14H,9-13H2,1H3,(H,20,22). The van der Waals surface area contributed by atoms with Gasteiger partial charge in [-0.2, -0.15) is 0 Å². The van der Waals surface area contributed by atoms with Crippen molar-refractivity contribution >= 4 is 17.3 Å². The summed E-state index contributed by atoms with van der Waals surface area (Å²) in [5, 5.41) is 2.97. The third-order valence-electron chi connectivity index (χ3n) is 4.05. The fraction of sp³-hybridized carbons (Fsp3) is 0.316. The summed E-state index contributed by atoms with van der Waals surface area (Å²) in [4.78, 5) is 14.6. The average Bonchev–Trinajstić information content (AvgIpc) is 2.63. The van der Waals surface area contributed by atoms with Crippen molar-refractivity contribution in [2.45, 2.75) is 6.42 Å². The molecule has 0 bridgehead atoms. The first-order valence-electron chi connectivity index (χ1n) is 8.11. The zero-order valence-electron chi connectivity index (χ0n) is 13.8. The van der Waals surface area contributed by atoms with E-state index in [1.807, 2.05) is 42.5 Å². The summed E-state index contributed by atoms with van der Waals surface area (Å²) in [6.07, 6.45) is 0.284. The smallest absolute Gasteiger partial charge is 0.228 e. The molecule has 0 aromatic heterocycles. The molecule has 1 aliphatic heterocycles. The van der Waals surface area contributed by atoms with Crippen LogP contribution in [-0.4, -0.2) is 39.3 Å². The number of anilines is 2. The fourth-order valence-electron chi connectivity index (χ4n) is 2.83. The molecule has 0 radical (unpaired) electrons. The van der Waals surface area contributed by atoms with Crippen molar-refractivity contribution < 1.29 is 14.3 Å². The Kier molecular flexibility index (Phi) is 5.33. The first-order chi connectivity index (χ1) is 11.8. The molecule has 0 atom stereocenters. The summed E-state index contributed by atoms with van der Waals surface area (Å²) in [5.41, 5.74) is 2.79. The molecule has 0 saturated carbocycles. The van der Waals surface area contributed by atoms with Crippen molar-refractivity contribution in [2.24, 2.45) is 0 Å². The quantitative estimate of drug-likeness (QED) is 0.918. The number of ether oxygens (including phenoxy) is 2. The van der Waals surface area contributed by atoms with E-state index in [1.165, 1.54) is 0 Å². The summed E-state index contributed by atoms with van der Waals surface area (Å²) in [5.74, 6) is 0.674. The number of carbonyl (C=O) groups excluding carboxylic acids is 1. The maximum absolute atomic E-state index is 12.3. The fourth-order valence-corrected chi connectivity index (χ4v) is 2.83. The first kappa shape index (κ1) is 16.3. The molecule has 2 aromatic carbocycles. The summed E-state index contributed by atoms with van der Waals surface area (Å²) >= 11 is 0. The van der Waals surface area contributed by atoms with Gasteiger partial charge in [0.1, 0.15) is 5.75 Å².